The van der Waals surface area contributed by atoms with Crippen LogP contribution in [0, 0.1) is 18.8 Å². The van der Waals surface area contributed by atoms with Crippen LogP contribution in [0.25, 0.3) is 0 Å². The van der Waals surface area contributed by atoms with E-state index in [9.17, 15) is 4.79 Å². The minimum absolute atomic E-state index is 0.214. The zero-order chi connectivity index (χ0) is 20.1. The Kier molecular flexibility index (Phi) is 6.92. The van der Waals surface area contributed by atoms with Gasteiger partial charge in [-0.3, -0.25) is 4.79 Å². The maximum Gasteiger partial charge on any atom is 0.258 e. The Bertz CT molecular complexity index is 801. The molecule has 1 fully saturated rings. The molecule has 0 bridgehead atoms. The number of halogens is 1. The third-order valence-corrected chi connectivity index (χ3v) is 5.55. The summed E-state index contributed by atoms with van der Waals surface area (Å²) in [5, 5.41) is 10.5. The molecule has 1 aromatic carbocycles. The summed E-state index contributed by atoms with van der Waals surface area (Å²) in [4.78, 5) is 17.2. The first-order valence-corrected chi connectivity index (χ1v) is 10.3. The molecule has 1 amide bonds. The fraction of sp³-hybridized carbons (Fsp3) is 0.455. The third kappa shape index (κ3) is 5.24. The lowest BCUT2D eigenvalue weighted by atomic mass is 9.83. The lowest BCUT2D eigenvalue weighted by Gasteiger charge is -2.35. The standard InChI is InChI=1S/C22H29ClN4O/c1-14(2)21(16-8-10-24-11-9-16)26-19-6-5-17(23)12-18(19)22(28)27-20-7-4-15(3)13-25-20/h4-7,12-14,16,21,24,26H,8-11H2,1-3H3,(H,25,27,28). The zero-order valence-electron chi connectivity index (χ0n) is 16.8. The molecule has 3 rings (SSSR count). The third-order valence-electron chi connectivity index (χ3n) is 5.31. The summed E-state index contributed by atoms with van der Waals surface area (Å²) in [6.45, 7) is 8.51. The number of carbonyl (C=O) groups is 1. The fourth-order valence-corrected chi connectivity index (χ4v) is 3.94. The molecule has 1 saturated heterocycles. The van der Waals surface area contributed by atoms with Gasteiger partial charge < -0.3 is 16.0 Å². The number of amides is 1. The van der Waals surface area contributed by atoms with Gasteiger partial charge in [-0.1, -0.05) is 31.5 Å². The Balaban J connectivity index is 1.82. The van der Waals surface area contributed by atoms with E-state index >= 15 is 0 Å². The molecule has 1 unspecified atom stereocenters. The summed E-state index contributed by atoms with van der Waals surface area (Å²) in [7, 11) is 0. The van der Waals surface area contributed by atoms with E-state index in [0.717, 1.165) is 37.2 Å². The number of carbonyl (C=O) groups excluding carboxylic acids is 1. The Labute approximate surface area is 172 Å². The minimum Gasteiger partial charge on any atom is -0.381 e. The van der Waals surface area contributed by atoms with Crippen molar-refractivity contribution in [2.45, 2.75) is 39.7 Å². The molecule has 5 nitrogen and oxygen atoms in total. The van der Waals surface area contributed by atoms with Gasteiger partial charge >= 0.3 is 0 Å². The van der Waals surface area contributed by atoms with Crippen LogP contribution in [0.1, 0.15) is 42.6 Å². The van der Waals surface area contributed by atoms with Crippen molar-refractivity contribution in [2.75, 3.05) is 23.7 Å². The van der Waals surface area contributed by atoms with Gasteiger partial charge in [0.2, 0.25) is 0 Å². The molecular weight excluding hydrogens is 372 g/mol. The molecule has 1 aliphatic rings. The van der Waals surface area contributed by atoms with Crippen LogP contribution in [0.4, 0.5) is 11.5 Å². The van der Waals surface area contributed by atoms with E-state index in [1.165, 1.54) is 0 Å². The fourth-order valence-electron chi connectivity index (χ4n) is 3.77. The van der Waals surface area contributed by atoms with Gasteiger partial charge in [0, 0.05) is 22.9 Å². The normalized spacial score (nSPS) is 16.0. The van der Waals surface area contributed by atoms with Crippen LogP contribution in [0.2, 0.25) is 5.02 Å². The lowest BCUT2D eigenvalue weighted by Crippen LogP contribution is -2.41. The molecule has 2 heterocycles. The number of aromatic nitrogens is 1. The highest BCUT2D eigenvalue weighted by atomic mass is 35.5. The van der Waals surface area contributed by atoms with Crippen molar-refractivity contribution in [1.82, 2.24) is 10.3 Å². The Hall–Kier alpha value is -2.11. The van der Waals surface area contributed by atoms with Crippen molar-refractivity contribution in [2.24, 2.45) is 11.8 Å². The van der Waals surface area contributed by atoms with Crippen LogP contribution in [0.3, 0.4) is 0 Å². The quantitative estimate of drug-likeness (QED) is 0.655. The summed E-state index contributed by atoms with van der Waals surface area (Å²) in [5.41, 5.74) is 2.39. The Morgan fingerprint density at radius 2 is 1.96 bits per heavy atom. The van der Waals surface area contributed by atoms with Crippen molar-refractivity contribution in [3.8, 4) is 0 Å². The smallest absolute Gasteiger partial charge is 0.258 e. The first kappa shape index (κ1) is 20.6. The van der Waals surface area contributed by atoms with Crippen molar-refractivity contribution in [3.63, 3.8) is 0 Å². The monoisotopic (exact) mass is 400 g/mol. The van der Waals surface area contributed by atoms with Crippen LogP contribution in [0.15, 0.2) is 36.5 Å². The summed E-state index contributed by atoms with van der Waals surface area (Å²) >= 11 is 6.20. The molecule has 0 radical (unpaired) electrons. The second-order valence-corrected chi connectivity index (χ2v) is 8.30. The Morgan fingerprint density at radius 3 is 2.61 bits per heavy atom. The molecule has 1 aliphatic heterocycles. The SMILES string of the molecule is Cc1ccc(NC(=O)c2cc(Cl)ccc2NC(C(C)C)C2CCNCC2)nc1. The molecular formula is C22H29ClN4O. The maximum absolute atomic E-state index is 12.9. The van der Waals surface area contributed by atoms with Crippen molar-refractivity contribution >= 4 is 29.0 Å². The first-order chi connectivity index (χ1) is 13.4. The highest BCUT2D eigenvalue weighted by molar-refractivity contribution is 6.31. The largest absolute Gasteiger partial charge is 0.381 e. The average Bonchev–Trinajstić information content (AvgIpc) is 2.69. The average molecular weight is 401 g/mol. The minimum atomic E-state index is -0.214. The van der Waals surface area contributed by atoms with E-state index in [2.05, 4.69) is 34.8 Å². The molecule has 28 heavy (non-hydrogen) atoms. The van der Waals surface area contributed by atoms with Crippen molar-refractivity contribution in [3.05, 3.63) is 52.7 Å². The summed E-state index contributed by atoms with van der Waals surface area (Å²) in [5.74, 6) is 1.34. The van der Waals surface area contributed by atoms with Gasteiger partial charge in [0.25, 0.3) is 5.91 Å². The van der Waals surface area contributed by atoms with Gasteiger partial charge in [-0.15, -0.1) is 0 Å². The van der Waals surface area contributed by atoms with Crippen LogP contribution >= 0.6 is 11.6 Å². The number of benzene rings is 1. The second kappa shape index (κ2) is 9.39. The molecule has 3 N–H and O–H groups in total. The van der Waals surface area contributed by atoms with Crippen LogP contribution in [0.5, 0.6) is 0 Å². The number of nitrogens with zero attached hydrogens (tertiary/aromatic N) is 1. The molecule has 0 spiro atoms. The number of aryl methyl sites for hydroxylation is 1. The molecule has 0 saturated carbocycles. The van der Waals surface area contributed by atoms with Gasteiger partial charge in [-0.05, 0) is 74.5 Å². The Morgan fingerprint density at radius 1 is 1.21 bits per heavy atom. The van der Waals surface area contributed by atoms with Gasteiger partial charge in [0.1, 0.15) is 5.82 Å². The molecule has 1 aromatic heterocycles. The molecule has 2 aromatic rings. The van der Waals surface area contributed by atoms with E-state index in [1.54, 1.807) is 18.3 Å². The first-order valence-electron chi connectivity index (χ1n) is 9.95. The number of anilines is 2. The van der Waals surface area contributed by atoms with Gasteiger partial charge in [0.05, 0.1) is 5.56 Å². The number of hydrogen-bond acceptors (Lipinski definition) is 4. The predicted molar refractivity (Wildman–Crippen MR) is 116 cm³/mol. The molecule has 150 valence electrons. The molecule has 1 atom stereocenters. The molecule has 6 heteroatoms. The molecule has 0 aliphatic carbocycles. The summed E-state index contributed by atoms with van der Waals surface area (Å²) in [6, 6.07) is 9.46. The van der Waals surface area contributed by atoms with Crippen LogP contribution in [-0.4, -0.2) is 30.0 Å². The van der Waals surface area contributed by atoms with Crippen LogP contribution < -0.4 is 16.0 Å². The summed E-state index contributed by atoms with van der Waals surface area (Å²) < 4.78 is 0. The van der Waals surface area contributed by atoms with E-state index in [0.29, 0.717) is 34.3 Å². The van der Waals surface area contributed by atoms with E-state index in [4.69, 9.17) is 11.6 Å². The topological polar surface area (TPSA) is 66.1 Å². The second-order valence-electron chi connectivity index (χ2n) is 7.87. The number of rotatable bonds is 6. The van der Waals surface area contributed by atoms with E-state index in [-0.39, 0.29) is 5.91 Å². The highest BCUT2D eigenvalue weighted by Gasteiger charge is 2.27. The highest BCUT2D eigenvalue weighted by Crippen LogP contribution is 2.29. The summed E-state index contributed by atoms with van der Waals surface area (Å²) in [6.07, 6.45) is 4.01. The number of pyridine rings is 1. The van der Waals surface area contributed by atoms with Gasteiger partial charge in [-0.2, -0.15) is 0 Å². The van der Waals surface area contributed by atoms with Gasteiger partial charge in [0.15, 0.2) is 0 Å². The predicted octanol–water partition coefficient (Wildman–Crippen LogP) is 4.73. The van der Waals surface area contributed by atoms with Crippen molar-refractivity contribution in [1.29, 1.82) is 0 Å². The maximum atomic E-state index is 12.9. The lowest BCUT2D eigenvalue weighted by molar-refractivity contribution is 0.102. The van der Waals surface area contributed by atoms with E-state index < -0.39 is 0 Å². The number of nitrogens with one attached hydrogen (secondary N) is 3. The number of hydrogen-bond donors (Lipinski definition) is 3. The zero-order valence-corrected chi connectivity index (χ0v) is 17.5. The van der Waals surface area contributed by atoms with Crippen LogP contribution in [-0.2, 0) is 0 Å². The van der Waals surface area contributed by atoms with Gasteiger partial charge in [-0.25, -0.2) is 4.98 Å². The van der Waals surface area contributed by atoms with E-state index in [1.807, 2.05) is 25.1 Å². The number of piperidine rings is 1. The van der Waals surface area contributed by atoms with Crippen molar-refractivity contribution < 1.29 is 4.79 Å².